The minimum absolute atomic E-state index is 0.0614. The van der Waals surface area contributed by atoms with Gasteiger partial charge in [-0.15, -0.1) is 0 Å². The number of rotatable bonds is 6. The summed E-state index contributed by atoms with van der Waals surface area (Å²) in [7, 11) is 3.38. The molecule has 0 spiro atoms. The third-order valence-corrected chi connectivity index (χ3v) is 4.95. The Hall–Kier alpha value is -3.81. The average molecular weight is 402 g/mol. The number of imidazole rings is 1. The van der Waals surface area contributed by atoms with Crippen molar-refractivity contribution in [2.45, 2.75) is 13.3 Å². The SMILES string of the molecule is CCN(C)C(=O)c1nn(C)cc1C(=O)Cc1ccn2cc(-c3ccccc3)nc2n1. The van der Waals surface area contributed by atoms with Crippen molar-refractivity contribution in [2.24, 2.45) is 7.05 Å². The van der Waals surface area contributed by atoms with Gasteiger partial charge in [0.2, 0.25) is 5.78 Å². The normalized spacial score (nSPS) is 11.0. The van der Waals surface area contributed by atoms with Crippen molar-refractivity contribution >= 4 is 17.5 Å². The third-order valence-electron chi connectivity index (χ3n) is 4.95. The van der Waals surface area contributed by atoms with Gasteiger partial charge in [0, 0.05) is 44.8 Å². The van der Waals surface area contributed by atoms with E-state index in [2.05, 4.69) is 15.1 Å². The summed E-state index contributed by atoms with van der Waals surface area (Å²) in [4.78, 5) is 36.1. The molecule has 0 unspecified atom stereocenters. The van der Waals surface area contributed by atoms with E-state index in [4.69, 9.17) is 0 Å². The number of benzene rings is 1. The molecule has 4 aromatic rings. The first-order valence-electron chi connectivity index (χ1n) is 9.68. The van der Waals surface area contributed by atoms with Gasteiger partial charge >= 0.3 is 0 Å². The van der Waals surface area contributed by atoms with Crippen LogP contribution in [0.5, 0.6) is 0 Å². The number of amides is 1. The van der Waals surface area contributed by atoms with Crippen molar-refractivity contribution in [1.29, 1.82) is 0 Å². The third kappa shape index (κ3) is 3.71. The summed E-state index contributed by atoms with van der Waals surface area (Å²) in [5.41, 5.74) is 2.87. The molecule has 8 heteroatoms. The Labute approximate surface area is 173 Å². The van der Waals surface area contributed by atoms with Crippen molar-refractivity contribution < 1.29 is 9.59 Å². The lowest BCUT2D eigenvalue weighted by molar-refractivity contribution is 0.0790. The second kappa shape index (κ2) is 7.90. The number of nitrogens with zero attached hydrogens (tertiary/aromatic N) is 6. The molecule has 8 nitrogen and oxygen atoms in total. The van der Waals surface area contributed by atoms with E-state index in [-0.39, 0.29) is 23.8 Å². The molecule has 0 aliphatic heterocycles. The molecule has 1 aromatic carbocycles. The van der Waals surface area contributed by atoms with E-state index >= 15 is 0 Å². The lowest BCUT2D eigenvalue weighted by Gasteiger charge is -2.13. The summed E-state index contributed by atoms with van der Waals surface area (Å²) in [5, 5.41) is 4.20. The van der Waals surface area contributed by atoms with Crippen LogP contribution in [-0.4, -0.2) is 54.3 Å². The number of hydrogen-bond acceptors (Lipinski definition) is 5. The maximum atomic E-state index is 12.9. The van der Waals surface area contributed by atoms with Crippen LogP contribution in [0.25, 0.3) is 17.0 Å². The fourth-order valence-electron chi connectivity index (χ4n) is 3.19. The van der Waals surface area contributed by atoms with Crippen LogP contribution in [-0.2, 0) is 13.5 Å². The Bertz CT molecular complexity index is 1230. The van der Waals surface area contributed by atoms with Gasteiger partial charge in [-0.05, 0) is 13.0 Å². The molecule has 0 aliphatic carbocycles. The molecule has 0 N–H and O–H groups in total. The molecule has 1 amide bonds. The predicted octanol–water partition coefficient (Wildman–Crippen LogP) is 2.65. The summed E-state index contributed by atoms with van der Waals surface area (Å²) < 4.78 is 3.31. The van der Waals surface area contributed by atoms with Crippen LogP contribution in [0.15, 0.2) is 55.0 Å². The van der Waals surface area contributed by atoms with E-state index in [0.29, 0.717) is 23.6 Å². The minimum Gasteiger partial charge on any atom is -0.341 e. The fraction of sp³-hybridized carbons (Fsp3) is 0.227. The van der Waals surface area contributed by atoms with Gasteiger partial charge in [-0.1, -0.05) is 30.3 Å². The first-order chi connectivity index (χ1) is 14.5. The molecular weight excluding hydrogens is 380 g/mol. The van der Waals surface area contributed by atoms with E-state index in [0.717, 1.165) is 11.3 Å². The van der Waals surface area contributed by atoms with Crippen LogP contribution in [0, 0.1) is 0 Å². The summed E-state index contributed by atoms with van der Waals surface area (Å²) in [6.07, 6.45) is 5.39. The van der Waals surface area contributed by atoms with Gasteiger partial charge in [0.15, 0.2) is 11.5 Å². The van der Waals surface area contributed by atoms with Gasteiger partial charge in [0.25, 0.3) is 5.91 Å². The van der Waals surface area contributed by atoms with Crippen molar-refractivity contribution in [2.75, 3.05) is 13.6 Å². The number of aromatic nitrogens is 5. The van der Waals surface area contributed by atoms with Gasteiger partial charge in [-0.3, -0.25) is 18.7 Å². The molecule has 0 atom stereocenters. The zero-order valence-corrected chi connectivity index (χ0v) is 17.1. The number of aryl methyl sites for hydroxylation is 1. The molecule has 0 saturated carbocycles. The van der Waals surface area contributed by atoms with Crippen molar-refractivity contribution in [3.63, 3.8) is 0 Å². The van der Waals surface area contributed by atoms with Crippen molar-refractivity contribution in [1.82, 2.24) is 29.0 Å². The van der Waals surface area contributed by atoms with Crippen LogP contribution >= 0.6 is 0 Å². The Balaban J connectivity index is 1.60. The summed E-state index contributed by atoms with van der Waals surface area (Å²) >= 11 is 0. The van der Waals surface area contributed by atoms with Crippen molar-refractivity contribution in [3.05, 3.63) is 71.9 Å². The molecule has 0 bridgehead atoms. The predicted molar refractivity (Wildman–Crippen MR) is 112 cm³/mol. The number of carbonyl (C=O) groups is 2. The number of fused-ring (bicyclic) bond motifs is 1. The lowest BCUT2D eigenvalue weighted by Crippen LogP contribution is -2.28. The topological polar surface area (TPSA) is 85.4 Å². The van der Waals surface area contributed by atoms with Gasteiger partial charge in [-0.25, -0.2) is 9.97 Å². The number of hydrogen-bond donors (Lipinski definition) is 0. The van der Waals surface area contributed by atoms with E-state index in [1.54, 1.807) is 26.4 Å². The number of ketones is 1. The minimum atomic E-state index is -0.273. The highest BCUT2D eigenvalue weighted by Gasteiger charge is 2.24. The van der Waals surface area contributed by atoms with E-state index in [9.17, 15) is 9.59 Å². The zero-order valence-electron chi connectivity index (χ0n) is 17.1. The van der Waals surface area contributed by atoms with Crippen LogP contribution in [0.1, 0.15) is 33.5 Å². The second-order valence-corrected chi connectivity index (χ2v) is 7.10. The monoisotopic (exact) mass is 402 g/mol. The second-order valence-electron chi connectivity index (χ2n) is 7.10. The first-order valence-corrected chi connectivity index (χ1v) is 9.68. The molecule has 0 aliphatic rings. The molecule has 152 valence electrons. The lowest BCUT2D eigenvalue weighted by atomic mass is 10.1. The van der Waals surface area contributed by atoms with E-state index in [1.165, 1.54) is 9.58 Å². The highest BCUT2D eigenvalue weighted by atomic mass is 16.2. The molecular formula is C22H22N6O2. The van der Waals surface area contributed by atoms with Gasteiger partial charge < -0.3 is 4.90 Å². The Kier molecular flexibility index (Phi) is 5.14. The molecule has 3 aromatic heterocycles. The fourth-order valence-corrected chi connectivity index (χ4v) is 3.19. The van der Waals surface area contributed by atoms with Gasteiger partial charge in [0.1, 0.15) is 0 Å². The largest absolute Gasteiger partial charge is 0.341 e. The van der Waals surface area contributed by atoms with Crippen molar-refractivity contribution in [3.8, 4) is 11.3 Å². The standard InChI is InChI=1S/C22H22N6O2/c1-4-26(2)21(30)20-17(13-27(3)25-20)19(29)12-16-10-11-28-14-18(24-22(28)23-16)15-8-6-5-7-9-15/h5-11,13-14H,4,12H2,1-3H3. The molecule has 3 heterocycles. The average Bonchev–Trinajstić information content (AvgIpc) is 3.36. The maximum Gasteiger partial charge on any atom is 0.274 e. The van der Waals surface area contributed by atoms with Gasteiger partial charge in [0.05, 0.1) is 23.4 Å². The summed E-state index contributed by atoms with van der Waals surface area (Å²) in [5.74, 6) is 0.0422. The van der Waals surface area contributed by atoms with Crippen LogP contribution in [0.3, 0.4) is 0 Å². The van der Waals surface area contributed by atoms with Crippen LogP contribution < -0.4 is 0 Å². The Morgan fingerprint density at radius 2 is 1.83 bits per heavy atom. The Morgan fingerprint density at radius 1 is 1.07 bits per heavy atom. The molecule has 0 fully saturated rings. The Morgan fingerprint density at radius 3 is 2.57 bits per heavy atom. The number of carbonyl (C=O) groups excluding carboxylic acids is 2. The first kappa shape index (κ1) is 19.5. The molecule has 4 rings (SSSR count). The highest BCUT2D eigenvalue weighted by molar-refractivity contribution is 6.07. The molecule has 30 heavy (non-hydrogen) atoms. The molecule has 0 saturated heterocycles. The quantitative estimate of drug-likeness (QED) is 0.463. The van der Waals surface area contributed by atoms with Crippen LogP contribution in [0.4, 0.5) is 0 Å². The van der Waals surface area contributed by atoms with Gasteiger partial charge in [-0.2, -0.15) is 5.10 Å². The van der Waals surface area contributed by atoms with E-state index in [1.807, 2.05) is 54.0 Å². The van der Waals surface area contributed by atoms with E-state index < -0.39 is 0 Å². The summed E-state index contributed by atoms with van der Waals surface area (Å²) in [6, 6.07) is 11.6. The maximum absolute atomic E-state index is 12.9. The smallest absolute Gasteiger partial charge is 0.274 e. The molecule has 0 radical (unpaired) electrons. The van der Waals surface area contributed by atoms with Crippen LogP contribution in [0.2, 0.25) is 0 Å². The zero-order chi connectivity index (χ0) is 21.3. The highest BCUT2D eigenvalue weighted by Crippen LogP contribution is 2.19. The summed E-state index contributed by atoms with van der Waals surface area (Å²) in [6.45, 7) is 2.40. The number of Topliss-reactive ketones (excluding diaryl/α,β-unsaturated/α-hetero) is 1.